The molecule has 6 aromatic carbocycles. The summed E-state index contributed by atoms with van der Waals surface area (Å²) in [6.07, 6.45) is 9.86. The molecule has 44 heavy (non-hydrogen) atoms. The van der Waals surface area contributed by atoms with Gasteiger partial charge in [-0.1, -0.05) is 158 Å². The van der Waals surface area contributed by atoms with Gasteiger partial charge in [0.15, 0.2) is 0 Å². The molecule has 0 aliphatic carbocycles. The van der Waals surface area contributed by atoms with E-state index >= 15 is 0 Å². The van der Waals surface area contributed by atoms with Crippen molar-refractivity contribution >= 4 is 5.69 Å². The highest BCUT2D eigenvalue weighted by Crippen LogP contribution is 2.36. The number of hydrogen-bond donors (Lipinski definition) is 1. The lowest BCUT2D eigenvalue weighted by Gasteiger charge is -2.15. The topological polar surface area (TPSA) is 12.0 Å². The van der Waals surface area contributed by atoms with Crippen LogP contribution in [0, 0.1) is 0 Å². The van der Waals surface area contributed by atoms with Crippen LogP contribution in [-0.4, -0.2) is 6.54 Å². The summed E-state index contributed by atoms with van der Waals surface area (Å²) in [5.41, 5.74) is 13.1. The summed E-state index contributed by atoms with van der Waals surface area (Å²) >= 11 is 0. The van der Waals surface area contributed by atoms with Gasteiger partial charge in [0, 0.05) is 17.8 Å². The summed E-state index contributed by atoms with van der Waals surface area (Å²) in [7, 11) is 0. The van der Waals surface area contributed by atoms with Gasteiger partial charge in [-0.3, -0.25) is 0 Å². The molecule has 0 radical (unpaired) electrons. The number of hydrogen-bond acceptors (Lipinski definition) is 1. The Balaban J connectivity index is 1.38. The Morgan fingerprint density at radius 2 is 0.864 bits per heavy atom. The molecule has 6 aromatic rings. The van der Waals surface area contributed by atoms with Gasteiger partial charge in [-0.15, -0.1) is 0 Å². The molecular weight excluding hydrogens is 530 g/mol. The van der Waals surface area contributed by atoms with E-state index in [4.69, 9.17) is 0 Å². The van der Waals surface area contributed by atoms with Gasteiger partial charge in [0.1, 0.15) is 0 Å². The first kappa shape index (κ1) is 28.5. The number of allylic oxidation sites excluding steroid dienone is 4. The third-order valence-electron chi connectivity index (χ3n) is 7.70. The Bertz CT molecular complexity index is 1910. The molecule has 0 unspecified atom stereocenters. The predicted molar refractivity (Wildman–Crippen MR) is 191 cm³/mol. The summed E-state index contributed by atoms with van der Waals surface area (Å²) in [6, 6.07) is 54.3. The van der Waals surface area contributed by atoms with Gasteiger partial charge < -0.3 is 5.32 Å². The van der Waals surface area contributed by atoms with Gasteiger partial charge in [0.2, 0.25) is 0 Å². The Morgan fingerprint density at radius 3 is 1.41 bits per heavy atom. The number of anilines is 1. The van der Waals surface area contributed by atoms with Crippen LogP contribution in [0.25, 0.3) is 55.6 Å². The van der Waals surface area contributed by atoms with Crippen molar-refractivity contribution in [1.29, 1.82) is 0 Å². The first-order chi connectivity index (χ1) is 21.8. The molecular formula is C43H35N. The normalized spacial score (nSPS) is 11.2. The van der Waals surface area contributed by atoms with Gasteiger partial charge in [-0.2, -0.15) is 0 Å². The highest BCUT2D eigenvalue weighted by Gasteiger charge is 2.11. The molecule has 1 heteroatoms. The minimum Gasteiger partial charge on any atom is -0.381 e. The summed E-state index contributed by atoms with van der Waals surface area (Å²) in [6.45, 7) is 4.46. The summed E-state index contributed by atoms with van der Waals surface area (Å²) in [5.74, 6) is 0. The Morgan fingerprint density at radius 1 is 0.409 bits per heavy atom. The van der Waals surface area contributed by atoms with Gasteiger partial charge in [-0.25, -0.2) is 0 Å². The van der Waals surface area contributed by atoms with Crippen LogP contribution in [0.15, 0.2) is 189 Å². The Kier molecular flexibility index (Phi) is 9.06. The number of benzene rings is 6. The quantitative estimate of drug-likeness (QED) is 0.163. The second kappa shape index (κ2) is 14.0. The number of nitrogens with one attached hydrogen (secondary N) is 1. The maximum Gasteiger partial charge on any atom is 0.0422 e. The van der Waals surface area contributed by atoms with Crippen molar-refractivity contribution in [2.45, 2.75) is 0 Å². The third kappa shape index (κ3) is 6.86. The van der Waals surface area contributed by atoms with Crippen molar-refractivity contribution in [2.75, 3.05) is 11.9 Å². The molecule has 0 saturated heterocycles. The van der Waals surface area contributed by atoms with Gasteiger partial charge in [-0.05, 0) is 80.4 Å². The fraction of sp³-hybridized carbons (Fsp3) is 0.0233. The minimum atomic E-state index is 0.718. The molecule has 1 nitrogen and oxygen atoms in total. The van der Waals surface area contributed by atoms with Crippen LogP contribution >= 0.6 is 0 Å². The van der Waals surface area contributed by atoms with Gasteiger partial charge in [0.25, 0.3) is 0 Å². The molecule has 0 aliphatic rings. The molecule has 6 rings (SSSR count). The van der Waals surface area contributed by atoms with Crippen LogP contribution in [-0.2, 0) is 0 Å². The SMILES string of the molecule is C=C/C=C\C=C/CNc1ccc(-c2cccc(-c3ccccc3)c2)cc1-c1cccc(-c2cccc(-c3ccccc3)c2)c1. The summed E-state index contributed by atoms with van der Waals surface area (Å²) in [4.78, 5) is 0. The minimum absolute atomic E-state index is 0.718. The molecule has 0 amide bonds. The molecule has 0 saturated carbocycles. The lowest BCUT2D eigenvalue weighted by atomic mass is 9.93. The smallest absolute Gasteiger partial charge is 0.0422 e. The average Bonchev–Trinajstić information content (AvgIpc) is 3.11. The molecule has 0 aliphatic heterocycles. The Hall–Kier alpha value is -5.66. The maximum absolute atomic E-state index is 3.74. The van der Waals surface area contributed by atoms with Crippen LogP contribution in [0.3, 0.4) is 0 Å². The fourth-order valence-electron chi connectivity index (χ4n) is 5.46. The van der Waals surface area contributed by atoms with E-state index in [1.807, 2.05) is 18.2 Å². The Labute approximate surface area is 261 Å². The van der Waals surface area contributed by atoms with Crippen LogP contribution in [0.2, 0.25) is 0 Å². The van der Waals surface area contributed by atoms with E-state index in [9.17, 15) is 0 Å². The van der Waals surface area contributed by atoms with E-state index in [0.29, 0.717) is 0 Å². The highest BCUT2D eigenvalue weighted by molar-refractivity contribution is 5.86. The van der Waals surface area contributed by atoms with Crippen molar-refractivity contribution in [1.82, 2.24) is 0 Å². The van der Waals surface area contributed by atoms with E-state index in [0.717, 1.165) is 12.2 Å². The third-order valence-corrected chi connectivity index (χ3v) is 7.70. The van der Waals surface area contributed by atoms with Crippen LogP contribution in [0.1, 0.15) is 0 Å². The molecule has 0 heterocycles. The van der Waals surface area contributed by atoms with E-state index in [2.05, 4.69) is 170 Å². The zero-order valence-electron chi connectivity index (χ0n) is 24.7. The molecule has 0 atom stereocenters. The second-order valence-electron chi connectivity index (χ2n) is 10.7. The van der Waals surface area contributed by atoms with E-state index in [1.54, 1.807) is 6.08 Å². The van der Waals surface area contributed by atoms with Crippen LogP contribution in [0.5, 0.6) is 0 Å². The van der Waals surface area contributed by atoms with Gasteiger partial charge >= 0.3 is 0 Å². The lowest BCUT2D eigenvalue weighted by molar-refractivity contribution is 1.33. The van der Waals surface area contributed by atoms with Crippen molar-refractivity contribution in [2.24, 2.45) is 0 Å². The zero-order valence-corrected chi connectivity index (χ0v) is 24.7. The van der Waals surface area contributed by atoms with Crippen molar-refractivity contribution < 1.29 is 0 Å². The molecule has 1 N–H and O–H groups in total. The van der Waals surface area contributed by atoms with Crippen molar-refractivity contribution in [3.8, 4) is 55.6 Å². The molecule has 0 fully saturated rings. The predicted octanol–water partition coefficient (Wildman–Crippen LogP) is 11.7. The van der Waals surface area contributed by atoms with E-state index in [-0.39, 0.29) is 0 Å². The van der Waals surface area contributed by atoms with Crippen molar-refractivity contribution in [3.63, 3.8) is 0 Å². The summed E-state index contributed by atoms with van der Waals surface area (Å²) < 4.78 is 0. The highest BCUT2D eigenvalue weighted by atomic mass is 14.9. The molecule has 0 spiro atoms. The molecule has 0 bridgehead atoms. The van der Waals surface area contributed by atoms with Crippen LogP contribution < -0.4 is 5.32 Å². The van der Waals surface area contributed by atoms with E-state index < -0.39 is 0 Å². The summed E-state index contributed by atoms with van der Waals surface area (Å²) in [5, 5.41) is 3.65. The van der Waals surface area contributed by atoms with Crippen molar-refractivity contribution in [3.05, 3.63) is 189 Å². The van der Waals surface area contributed by atoms with Crippen LogP contribution in [0.4, 0.5) is 5.69 Å². The lowest BCUT2D eigenvalue weighted by Crippen LogP contribution is -2.00. The second-order valence-corrected chi connectivity index (χ2v) is 10.7. The number of rotatable bonds is 10. The molecule has 0 aromatic heterocycles. The fourth-order valence-corrected chi connectivity index (χ4v) is 5.46. The monoisotopic (exact) mass is 565 g/mol. The average molecular weight is 566 g/mol. The van der Waals surface area contributed by atoms with E-state index in [1.165, 1.54) is 55.6 Å². The standard InChI is InChI=1S/C43H35N/c1-2-3-4-5-12-28-44-43-27-26-40(38-23-14-21-36(30-38)34-18-10-7-11-19-34)32-42(43)41-25-15-24-39(31-41)37-22-13-20-35(29-37)33-16-8-6-9-17-33/h2-27,29-32,44H,1,28H2/b4-3-,12-5-. The van der Waals surface area contributed by atoms with Gasteiger partial charge in [0.05, 0.1) is 0 Å². The molecule has 212 valence electrons. The maximum atomic E-state index is 3.74. The first-order valence-electron chi connectivity index (χ1n) is 15.0. The first-order valence-corrected chi connectivity index (χ1v) is 15.0. The zero-order chi connectivity index (χ0) is 30.0. The largest absolute Gasteiger partial charge is 0.381 e.